The van der Waals surface area contributed by atoms with Crippen molar-refractivity contribution in [2.24, 2.45) is 0 Å². The van der Waals surface area contributed by atoms with E-state index in [1.54, 1.807) is 13.0 Å². The van der Waals surface area contributed by atoms with Gasteiger partial charge in [-0.15, -0.1) is 0 Å². The summed E-state index contributed by atoms with van der Waals surface area (Å²) in [4.78, 5) is 20.5. The van der Waals surface area contributed by atoms with Crippen LogP contribution in [-0.4, -0.2) is 28.1 Å². The van der Waals surface area contributed by atoms with Gasteiger partial charge >= 0.3 is 5.97 Å². The molecule has 1 aliphatic carbocycles. The van der Waals surface area contributed by atoms with Gasteiger partial charge in [0.15, 0.2) is 5.78 Å². The minimum atomic E-state index is -0.675. The van der Waals surface area contributed by atoms with Gasteiger partial charge in [0.05, 0.1) is 6.10 Å². The maximum absolute atomic E-state index is 10.6. The second-order valence-electron chi connectivity index (χ2n) is 4.25. The summed E-state index contributed by atoms with van der Waals surface area (Å²) in [5.74, 6) is -0.608. The van der Waals surface area contributed by atoms with E-state index in [9.17, 15) is 9.59 Å². The maximum Gasteiger partial charge on any atom is 0.303 e. The highest BCUT2D eigenvalue weighted by Crippen LogP contribution is 2.12. The van der Waals surface area contributed by atoms with Crippen LogP contribution in [0.3, 0.4) is 0 Å². The first-order valence-corrected chi connectivity index (χ1v) is 6.08. The Hall–Kier alpha value is -1.16. The normalized spacial score (nSPS) is 18.4. The number of aliphatic carboxylic acids is 1. The Labute approximate surface area is 102 Å². The number of carbonyl (C=O) groups excluding carboxylic acids is 1. The third-order valence-corrected chi connectivity index (χ3v) is 2.52. The molecule has 2 N–H and O–H groups in total. The lowest BCUT2D eigenvalue weighted by molar-refractivity contribution is -0.137. The molecule has 0 radical (unpaired) electrons. The number of unbranched alkanes of at least 4 members (excludes halogenated alkanes) is 3. The molecule has 0 aromatic heterocycles. The van der Waals surface area contributed by atoms with E-state index in [1.165, 1.54) is 6.42 Å². The molecule has 0 saturated carbocycles. The highest BCUT2D eigenvalue weighted by molar-refractivity contribution is 5.97. The summed E-state index contributed by atoms with van der Waals surface area (Å²) in [7, 11) is 0. The second-order valence-corrected chi connectivity index (χ2v) is 4.25. The number of hydrogen-bond acceptors (Lipinski definition) is 3. The number of allylic oxidation sites excluding steroid dienone is 1. The molecule has 0 aromatic rings. The molecule has 0 fully saturated rings. The molecule has 0 bridgehead atoms. The zero-order valence-electron chi connectivity index (χ0n) is 10.6. The van der Waals surface area contributed by atoms with Gasteiger partial charge in [0.25, 0.3) is 0 Å². The largest absolute Gasteiger partial charge is 0.481 e. The lowest BCUT2D eigenvalue weighted by atomic mass is 10.2. The third-order valence-electron chi connectivity index (χ3n) is 2.52. The van der Waals surface area contributed by atoms with Crippen LogP contribution in [-0.2, 0) is 9.59 Å². The van der Waals surface area contributed by atoms with Crippen molar-refractivity contribution in [3.63, 3.8) is 0 Å². The molecule has 4 nitrogen and oxygen atoms in total. The minimum absolute atomic E-state index is 0.0671. The average molecular weight is 242 g/mol. The summed E-state index contributed by atoms with van der Waals surface area (Å²) < 4.78 is 0. The molecule has 98 valence electrons. The summed E-state index contributed by atoms with van der Waals surface area (Å²) in [6.07, 6.45) is 5.91. The molecule has 0 heterocycles. The van der Waals surface area contributed by atoms with E-state index in [1.807, 2.05) is 0 Å². The van der Waals surface area contributed by atoms with Crippen LogP contribution in [0.1, 0.15) is 52.4 Å². The Kier molecular flexibility index (Phi) is 8.32. The van der Waals surface area contributed by atoms with E-state index in [4.69, 9.17) is 10.2 Å². The predicted molar refractivity (Wildman–Crippen MR) is 65.8 cm³/mol. The van der Waals surface area contributed by atoms with E-state index in [0.717, 1.165) is 19.3 Å². The molecule has 1 rings (SSSR count). The van der Waals surface area contributed by atoms with Gasteiger partial charge < -0.3 is 10.2 Å². The zero-order valence-corrected chi connectivity index (χ0v) is 10.6. The number of carbonyl (C=O) groups is 2. The molecule has 4 heteroatoms. The molecular weight excluding hydrogens is 220 g/mol. The zero-order chi connectivity index (χ0) is 13.3. The van der Waals surface area contributed by atoms with Gasteiger partial charge in [-0.3, -0.25) is 9.59 Å². The van der Waals surface area contributed by atoms with Crippen molar-refractivity contribution in [3.05, 3.63) is 11.6 Å². The molecule has 0 amide bonds. The van der Waals surface area contributed by atoms with Crippen LogP contribution in [0, 0.1) is 0 Å². The topological polar surface area (TPSA) is 74.6 Å². The van der Waals surface area contributed by atoms with Crippen molar-refractivity contribution in [3.8, 4) is 0 Å². The van der Waals surface area contributed by atoms with Gasteiger partial charge in [0.1, 0.15) is 0 Å². The van der Waals surface area contributed by atoms with Crippen LogP contribution < -0.4 is 0 Å². The third kappa shape index (κ3) is 8.63. The van der Waals surface area contributed by atoms with Crippen molar-refractivity contribution >= 4 is 11.8 Å². The lowest BCUT2D eigenvalue weighted by Gasteiger charge is -1.92. The average Bonchev–Trinajstić information content (AvgIpc) is 2.52. The maximum atomic E-state index is 10.6. The Morgan fingerprint density at radius 1 is 1.41 bits per heavy atom. The van der Waals surface area contributed by atoms with Gasteiger partial charge in [-0.2, -0.15) is 0 Å². The van der Waals surface area contributed by atoms with Crippen LogP contribution in [0.4, 0.5) is 0 Å². The van der Waals surface area contributed by atoms with E-state index in [0.29, 0.717) is 12.0 Å². The highest BCUT2D eigenvalue weighted by Gasteiger charge is 2.17. The second kappa shape index (κ2) is 8.93. The van der Waals surface area contributed by atoms with Gasteiger partial charge in [-0.1, -0.05) is 26.2 Å². The van der Waals surface area contributed by atoms with Crippen LogP contribution in [0.25, 0.3) is 0 Å². The fourth-order valence-electron chi connectivity index (χ4n) is 1.49. The van der Waals surface area contributed by atoms with E-state index in [-0.39, 0.29) is 12.2 Å². The number of aliphatic hydroxyl groups excluding tert-OH is 1. The summed E-state index contributed by atoms with van der Waals surface area (Å²) in [5, 5.41) is 17.0. The first-order valence-electron chi connectivity index (χ1n) is 6.08. The number of carboxylic acid groups (broad SMARTS) is 1. The van der Waals surface area contributed by atoms with Crippen LogP contribution in [0.5, 0.6) is 0 Å². The first kappa shape index (κ1) is 15.8. The Bertz CT molecular complexity index is 281. The first-order chi connectivity index (χ1) is 7.97. The minimum Gasteiger partial charge on any atom is -0.481 e. The van der Waals surface area contributed by atoms with Crippen LogP contribution in [0.15, 0.2) is 11.6 Å². The lowest BCUT2D eigenvalue weighted by Crippen LogP contribution is -2.00. The van der Waals surface area contributed by atoms with Crippen LogP contribution in [0.2, 0.25) is 0 Å². The predicted octanol–water partition coefficient (Wildman–Crippen LogP) is 2.31. The molecule has 1 unspecified atom stereocenters. The molecule has 1 atom stereocenters. The van der Waals surface area contributed by atoms with Gasteiger partial charge in [-0.05, 0) is 25.0 Å². The summed E-state index contributed by atoms with van der Waals surface area (Å²) in [6, 6.07) is 0. The number of aliphatic hydroxyl groups is 1. The van der Waals surface area contributed by atoms with Crippen molar-refractivity contribution in [1.82, 2.24) is 0 Å². The molecule has 17 heavy (non-hydrogen) atoms. The molecule has 0 saturated heterocycles. The quantitative estimate of drug-likeness (QED) is 0.725. The number of ketones is 1. The van der Waals surface area contributed by atoms with E-state index >= 15 is 0 Å². The standard InChI is InChI=1S/C7H14O2.C6H8O2/c1-2-3-4-5-6-7(8)9;1-4-2-5(7)3-6(4)8/h2-6H2,1H3,(H,8,9);2,5,7H,3H2,1H3. The van der Waals surface area contributed by atoms with Gasteiger partial charge in [0, 0.05) is 12.8 Å². The molecule has 0 aromatic carbocycles. The van der Waals surface area contributed by atoms with Crippen molar-refractivity contribution in [1.29, 1.82) is 0 Å². The number of carboxylic acids is 1. The molecule has 1 aliphatic rings. The Morgan fingerprint density at radius 3 is 2.35 bits per heavy atom. The fraction of sp³-hybridized carbons (Fsp3) is 0.692. The summed E-state index contributed by atoms with van der Waals surface area (Å²) in [6.45, 7) is 3.83. The molecule has 0 spiro atoms. The van der Waals surface area contributed by atoms with Gasteiger partial charge in [0.2, 0.25) is 0 Å². The van der Waals surface area contributed by atoms with E-state index in [2.05, 4.69) is 6.92 Å². The van der Waals surface area contributed by atoms with Crippen LogP contribution >= 0.6 is 0 Å². The Balaban J connectivity index is 0.000000302. The van der Waals surface area contributed by atoms with Crippen molar-refractivity contribution in [2.45, 2.75) is 58.5 Å². The number of Topliss-reactive ketones (excluding diaryl/α,β-unsaturated/α-hetero) is 1. The monoisotopic (exact) mass is 242 g/mol. The van der Waals surface area contributed by atoms with Gasteiger partial charge in [-0.25, -0.2) is 0 Å². The smallest absolute Gasteiger partial charge is 0.303 e. The van der Waals surface area contributed by atoms with E-state index < -0.39 is 12.1 Å². The van der Waals surface area contributed by atoms with Crippen molar-refractivity contribution in [2.75, 3.05) is 0 Å². The number of rotatable bonds is 5. The highest BCUT2D eigenvalue weighted by atomic mass is 16.4. The Morgan fingerprint density at radius 2 is 2.06 bits per heavy atom. The molecule has 0 aliphatic heterocycles. The molecular formula is C13H22O4. The summed E-state index contributed by atoms with van der Waals surface area (Å²) in [5.41, 5.74) is 0.692. The SMILES string of the molecule is CC1=CC(O)CC1=O.CCCCCCC(=O)O. The fourth-order valence-corrected chi connectivity index (χ4v) is 1.49. The number of hydrogen-bond donors (Lipinski definition) is 2. The summed E-state index contributed by atoms with van der Waals surface area (Å²) >= 11 is 0. The van der Waals surface area contributed by atoms with Crippen molar-refractivity contribution < 1.29 is 19.8 Å².